The monoisotopic (exact) mass is 283 g/mol. The van der Waals surface area contributed by atoms with E-state index in [4.69, 9.17) is 5.73 Å². The molecule has 3 rings (SSSR count). The molecule has 21 heavy (non-hydrogen) atoms. The lowest BCUT2D eigenvalue weighted by molar-refractivity contribution is -0.119. The summed E-state index contributed by atoms with van der Waals surface area (Å²) >= 11 is 0. The highest BCUT2D eigenvalue weighted by Crippen LogP contribution is 2.26. The molecular weight excluding hydrogens is 269 g/mol. The summed E-state index contributed by atoms with van der Waals surface area (Å²) in [5, 5.41) is 0. The summed E-state index contributed by atoms with van der Waals surface area (Å²) in [6.07, 6.45) is -0.999. The van der Waals surface area contributed by atoms with Crippen LogP contribution in [0, 0.1) is 5.82 Å². The van der Waals surface area contributed by atoms with Gasteiger partial charge in [0.2, 0.25) is 0 Å². The maximum atomic E-state index is 13.5. The average molecular weight is 283 g/mol. The Labute approximate surface area is 121 Å². The fourth-order valence-electron chi connectivity index (χ4n) is 2.41. The molecule has 106 valence electrons. The van der Waals surface area contributed by atoms with E-state index in [2.05, 4.69) is 4.99 Å². The lowest BCUT2D eigenvalue weighted by atomic mass is 10.0. The maximum Gasteiger partial charge on any atom is 0.266 e. The van der Waals surface area contributed by atoms with E-state index in [0.29, 0.717) is 17.0 Å². The van der Waals surface area contributed by atoms with Crippen molar-refractivity contribution >= 4 is 17.3 Å². The smallest absolute Gasteiger partial charge is 0.266 e. The topological polar surface area (TPSA) is 58.7 Å². The van der Waals surface area contributed by atoms with Gasteiger partial charge in [0.05, 0.1) is 11.4 Å². The first-order chi connectivity index (χ1) is 10.1. The number of hydrogen-bond acceptors (Lipinski definition) is 3. The minimum Gasteiger partial charge on any atom is -0.312 e. The second-order valence-electron chi connectivity index (χ2n) is 4.85. The fraction of sp³-hybridized carbons (Fsp3) is 0.125. The Morgan fingerprint density at radius 3 is 2.71 bits per heavy atom. The van der Waals surface area contributed by atoms with Crippen LogP contribution < -0.4 is 10.6 Å². The van der Waals surface area contributed by atoms with Gasteiger partial charge >= 0.3 is 0 Å². The third-order valence-electron chi connectivity index (χ3n) is 3.47. The van der Waals surface area contributed by atoms with Crippen LogP contribution in [0.2, 0.25) is 0 Å². The standard InChI is InChI=1S/C16H14FN3O/c1-20-13-8-3-2-7-12(13)14(19-15(18)16(20)21)10-5-4-6-11(17)9-10/h2-9,15H,18H2,1H3. The Bertz CT molecular complexity index is 742. The fourth-order valence-corrected chi connectivity index (χ4v) is 2.41. The molecule has 0 aliphatic carbocycles. The molecule has 2 aromatic carbocycles. The lowest BCUT2D eigenvalue weighted by Gasteiger charge is -2.18. The zero-order chi connectivity index (χ0) is 15.0. The van der Waals surface area contributed by atoms with E-state index in [1.807, 2.05) is 24.3 Å². The number of benzene rings is 2. The third-order valence-corrected chi connectivity index (χ3v) is 3.47. The molecule has 4 nitrogen and oxygen atoms in total. The Hall–Kier alpha value is -2.53. The van der Waals surface area contributed by atoms with Crippen molar-refractivity contribution in [2.24, 2.45) is 10.7 Å². The molecule has 1 aliphatic heterocycles. The van der Waals surface area contributed by atoms with Gasteiger partial charge in [0.25, 0.3) is 5.91 Å². The number of halogens is 1. The summed E-state index contributed by atoms with van der Waals surface area (Å²) in [6, 6.07) is 13.5. The zero-order valence-electron chi connectivity index (χ0n) is 11.5. The number of nitrogens with zero attached hydrogens (tertiary/aromatic N) is 2. The van der Waals surface area contributed by atoms with E-state index in [1.54, 1.807) is 19.2 Å². The highest BCUT2D eigenvalue weighted by molar-refractivity contribution is 6.19. The molecule has 0 fully saturated rings. The molecule has 0 saturated heterocycles. The molecule has 0 radical (unpaired) electrons. The molecule has 1 aliphatic rings. The van der Waals surface area contributed by atoms with Crippen LogP contribution in [0.3, 0.4) is 0 Å². The van der Waals surface area contributed by atoms with Crippen molar-refractivity contribution in [2.75, 3.05) is 11.9 Å². The Morgan fingerprint density at radius 1 is 1.19 bits per heavy atom. The zero-order valence-corrected chi connectivity index (χ0v) is 11.5. The first-order valence-electron chi connectivity index (χ1n) is 6.54. The van der Waals surface area contributed by atoms with E-state index in [0.717, 1.165) is 5.56 Å². The first-order valence-corrected chi connectivity index (χ1v) is 6.54. The Kier molecular flexibility index (Phi) is 3.27. The Morgan fingerprint density at radius 2 is 1.95 bits per heavy atom. The summed E-state index contributed by atoms with van der Waals surface area (Å²) in [4.78, 5) is 18.0. The normalized spacial score (nSPS) is 18.0. The number of anilines is 1. The van der Waals surface area contributed by atoms with Crippen molar-refractivity contribution in [1.82, 2.24) is 0 Å². The van der Waals surface area contributed by atoms with Crippen LogP contribution in [-0.4, -0.2) is 24.8 Å². The molecule has 1 heterocycles. The van der Waals surface area contributed by atoms with Gasteiger partial charge < -0.3 is 10.6 Å². The van der Waals surface area contributed by atoms with Gasteiger partial charge in [-0.2, -0.15) is 0 Å². The van der Waals surface area contributed by atoms with Gasteiger partial charge in [-0.05, 0) is 18.2 Å². The highest BCUT2D eigenvalue weighted by atomic mass is 19.1. The van der Waals surface area contributed by atoms with Gasteiger partial charge in [-0.1, -0.05) is 30.3 Å². The van der Waals surface area contributed by atoms with Gasteiger partial charge in [-0.15, -0.1) is 0 Å². The number of fused-ring (bicyclic) bond motifs is 1. The molecule has 5 heteroatoms. The van der Waals surface area contributed by atoms with Crippen LogP contribution >= 0.6 is 0 Å². The molecule has 1 amide bonds. The van der Waals surface area contributed by atoms with Crippen LogP contribution in [0.4, 0.5) is 10.1 Å². The molecule has 1 atom stereocenters. The number of hydrogen-bond donors (Lipinski definition) is 1. The number of carbonyl (C=O) groups excluding carboxylic acids is 1. The van der Waals surface area contributed by atoms with Crippen molar-refractivity contribution in [3.05, 3.63) is 65.5 Å². The van der Waals surface area contributed by atoms with Crippen LogP contribution in [-0.2, 0) is 4.79 Å². The summed E-state index contributed by atoms with van der Waals surface area (Å²) in [5.74, 6) is -0.654. The van der Waals surface area contributed by atoms with Crippen molar-refractivity contribution in [2.45, 2.75) is 6.17 Å². The minimum absolute atomic E-state index is 0.297. The van der Waals surface area contributed by atoms with E-state index in [9.17, 15) is 9.18 Å². The number of likely N-dealkylation sites (N-methyl/N-ethyl adjacent to an activating group) is 1. The molecule has 0 saturated carbocycles. The minimum atomic E-state index is -0.999. The summed E-state index contributed by atoms with van der Waals surface area (Å²) in [5.41, 5.74) is 8.43. The molecule has 0 aromatic heterocycles. The van der Waals surface area contributed by atoms with Crippen LogP contribution in [0.1, 0.15) is 11.1 Å². The second-order valence-corrected chi connectivity index (χ2v) is 4.85. The quantitative estimate of drug-likeness (QED) is 0.869. The summed E-state index contributed by atoms with van der Waals surface area (Å²) in [6.45, 7) is 0. The van der Waals surface area contributed by atoms with E-state index in [-0.39, 0.29) is 11.7 Å². The number of benzodiazepines with no additional fused rings is 1. The van der Waals surface area contributed by atoms with Crippen molar-refractivity contribution in [1.29, 1.82) is 0 Å². The van der Waals surface area contributed by atoms with Gasteiger partial charge in [-0.25, -0.2) is 4.39 Å². The van der Waals surface area contributed by atoms with Crippen molar-refractivity contribution in [3.63, 3.8) is 0 Å². The largest absolute Gasteiger partial charge is 0.312 e. The number of nitrogens with two attached hydrogens (primary N) is 1. The van der Waals surface area contributed by atoms with Crippen LogP contribution in [0.25, 0.3) is 0 Å². The van der Waals surface area contributed by atoms with Crippen molar-refractivity contribution < 1.29 is 9.18 Å². The number of amides is 1. The third kappa shape index (κ3) is 2.32. The van der Waals surface area contributed by atoms with Gasteiger partial charge in [0.1, 0.15) is 5.82 Å². The van der Waals surface area contributed by atoms with Crippen LogP contribution in [0.15, 0.2) is 53.5 Å². The van der Waals surface area contributed by atoms with E-state index >= 15 is 0 Å². The molecule has 0 bridgehead atoms. The van der Waals surface area contributed by atoms with E-state index < -0.39 is 6.17 Å². The summed E-state index contributed by atoms with van der Waals surface area (Å²) < 4.78 is 13.5. The molecule has 2 aromatic rings. The molecule has 2 N–H and O–H groups in total. The van der Waals surface area contributed by atoms with Crippen LogP contribution in [0.5, 0.6) is 0 Å². The maximum absolute atomic E-state index is 13.5. The predicted octanol–water partition coefficient (Wildman–Crippen LogP) is 1.92. The lowest BCUT2D eigenvalue weighted by Crippen LogP contribution is -2.39. The SMILES string of the molecule is CN1C(=O)C(N)N=C(c2cccc(F)c2)c2ccccc21. The molecule has 0 spiro atoms. The molecular formula is C16H14FN3O. The number of aliphatic imine (C=N–C) groups is 1. The number of rotatable bonds is 1. The first kappa shape index (κ1) is 13.5. The highest BCUT2D eigenvalue weighted by Gasteiger charge is 2.27. The second kappa shape index (κ2) is 5.10. The predicted molar refractivity (Wildman–Crippen MR) is 79.9 cm³/mol. The average Bonchev–Trinajstić information content (AvgIpc) is 2.59. The number of para-hydroxylation sites is 1. The van der Waals surface area contributed by atoms with E-state index in [1.165, 1.54) is 17.0 Å². The number of carbonyl (C=O) groups is 1. The van der Waals surface area contributed by atoms with Gasteiger partial charge in [-0.3, -0.25) is 9.79 Å². The van der Waals surface area contributed by atoms with Crippen molar-refractivity contribution in [3.8, 4) is 0 Å². The Balaban J connectivity index is 2.25. The summed E-state index contributed by atoms with van der Waals surface area (Å²) in [7, 11) is 1.66. The van der Waals surface area contributed by atoms with Gasteiger partial charge in [0, 0.05) is 18.2 Å². The molecule has 1 unspecified atom stereocenters. The van der Waals surface area contributed by atoms with Gasteiger partial charge in [0.15, 0.2) is 6.17 Å².